The van der Waals surface area contributed by atoms with Crippen molar-refractivity contribution in [1.82, 2.24) is 19.4 Å². The summed E-state index contributed by atoms with van der Waals surface area (Å²) >= 11 is 0. The van der Waals surface area contributed by atoms with Crippen LogP contribution in [0.1, 0.15) is 18.7 Å². The van der Waals surface area contributed by atoms with Crippen LogP contribution in [0.5, 0.6) is 0 Å². The average Bonchev–Trinajstić information content (AvgIpc) is 3.08. The molecule has 1 saturated carbocycles. The Bertz CT molecular complexity index is 652. The van der Waals surface area contributed by atoms with Crippen LogP contribution in [0.2, 0.25) is 0 Å². The van der Waals surface area contributed by atoms with Gasteiger partial charge in [0.25, 0.3) is 0 Å². The van der Waals surface area contributed by atoms with E-state index >= 15 is 0 Å². The van der Waals surface area contributed by atoms with Crippen LogP contribution in [0.4, 0.5) is 0 Å². The molecule has 1 aliphatic carbocycles. The molecule has 0 aromatic carbocycles. The molecule has 0 N–H and O–H groups in total. The summed E-state index contributed by atoms with van der Waals surface area (Å²) in [6.45, 7) is 3.76. The molecule has 0 bridgehead atoms. The molecule has 2 atom stereocenters. The van der Waals surface area contributed by atoms with E-state index in [-0.39, 0.29) is 12.1 Å². The van der Waals surface area contributed by atoms with E-state index in [0.717, 1.165) is 37.9 Å². The smallest absolute Gasteiger partial charge is 0.153 e. The summed E-state index contributed by atoms with van der Waals surface area (Å²) in [6, 6.07) is 0.314. The highest BCUT2D eigenvalue weighted by Gasteiger charge is 2.47. The van der Waals surface area contributed by atoms with Crippen molar-refractivity contribution < 1.29 is 8.42 Å². The van der Waals surface area contributed by atoms with Crippen LogP contribution in [-0.2, 0) is 23.4 Å². The van der Waals surface area contributed by atoms with Crippen molar-refractivity contribution in [3.05, 3.63) is 18.2 Å². The van der Waals surface area contributed by atoms with Gasteiger partial charge >= 0.3 is 0 Å². The standard InChI is InChI=1S/C15H24N4O2S/c1-17-5-4-16-15(17)9-19-7-6-18(8-12-2-3-12)13-10-22(20,21)11-14(13)19/h4-5,12-14H,2-3,6-11H2,1H3/t13-,14+/m1/s1. The van der Waals surface area contributed by atoms with Gasteiger partial charge in [0.2, 0.25) is 0 Å². The van der Waals surface area contributed by atoms with Gasteiger partial charge in [-0.1, -0.05) is 0 Å². The minimum absolute atomic E-state index is 0.134. The fourth-order valence-electron chi connectivity index (χ4n) is 3.88. The second kappa shape index (κ2) is 5.32. The highest BCUT2D eigenvalue weighted by atomic mass is 32.2. The monoisotopic (exact) mass is 324 g/mol. The van der Waals surface area contributed by atoms with Crippen molar-refractivity contribution in [2.24, 2.45) is 13.0 Å². The number of sulfone groups is 1. The van der Waals surface area contributed by atoms with E-state index in [1.54, 1.807) is 0 Å². The molecule has 3 fully saturated rings. The van der Waals surface area contributed by atoms with Crippen LogP contribution < -0.4 is 0 Å². The van der Waals surface area contributed by atoms with Gasteiger partial charge in [0.15, 0.2) is 9.84 Å². The molecule has 0 unspecified atom stereocenters. The van der Waals surface area contributed by atoms with Crippen molar-refractivity contribution in [1.29, 1.82) is 0 Å². The van der Waals surface area contributed by atoms with Gasteiger partial charge in [0.05, 0.1) is 18.1 Å². The Morgan fingerprint density at radius 3 is 2.50 bits per heavy atom. The Balaban J connectivity index is 1.53. The lowest BCUT2D eigenvalue weighted by molar-refractivity contribution is 0.0357. The van der Waals surface area contributed by atoms with E-state index in [0.29, 0.717) is 11.5 Å². The summed E-state index contributed by atoms with van der Waals surface area (Å²) in [5.41, 5.74) is 0. The van der Waals surface area contributed by atoms with Crippen molar-refractivity contribution >= 4 is 9.84 Å². The normalized spacial score (nSPS) is 32.2. The van der Waals surface area contributed by atoms with Gasteiger partial charge in [-0.15, -0.1) is 0 Å². The fourth-order valence-corrected chi connectivity index (χ4v) is 5.92. The minimum atomic E-state index is -2.91. The summed E-state index contributed by atoms with van der Waals surface area (Å²) in [6.07, 6.45) is 6.39. The van der Waals surface area contributed by atoms with E-state index < -0.39 is 9.84 Å². The molecular formula is C15H24N4O2S. The molecule has 0 amide bonds. The van der Waals surface area contributed by atoms with Gasteiger partial charge in [-0.25, -0.2) is 13.4 Å². The van der Waals surface area contributed by atoms with Crippen LogP contribution in [0, 0.1) is 5.92 Å². The zero-order chi connectivity index (χ0) is 15.3. The molecule has 1 aromatic rings. The number of imidazole rings is 1. The van der Waals surface area contributed by atoms with Crippen molar-refractivity contribution in [3.8, 4) is 0 Å². The molecule has 4 rings (SSSR count). The number of piperazine rings is 1. The molecule has 7 heteroatoms. The van der Waals surface area contributed by atoms with Gasteiger partial charge in [-0.05, 0) is 18.8 Å². The summed E-state index contributed by atoms with van der Waals surface area (Å²) in [5.74, 6) is 2.47. The van der Waals surface area contributed by atoms with Gasteiger partial charge < -0.3 is 4.57 Å². The second-order valence-corrected chi connectivity index (χ2v) is 9.23. The van der Waals surface area contributed by atoms with E-state index in [1.165, 1.54) is 12.8 Å². The number of hydrogen-bond acceptors (Lipinski definition) is 5. The number of aromatic nitrogens is 2. The molecule has 1 aromatic heterocycles. The van der Waals surface area contributed by atoms with Crippen LogP contribution in [-0.4, -0.2) is 71.0 Å². The molecule has 6 nitrogen and oxygen atoms in total. The number of rotatable bonds is 4. The van der Waals surface area contributed by atoms with E-state index in [1.807, 2.05) is 24.0 Å². The SMILES string of the molecule is Cn1ccnc1CN1CCN(CC2CC2)[C@@H]2CS(=O)(=O)C[C@@H]21. The molecule has 22 heavy (non-hydrogen) atoms. The van der Waals surface area contributed by atoms with Crippen LogP contribution in [0.3, 0.4) is 0 Å². The summed E-state index contributed by atoms with van der Waals surface area (Å²) < 4.78 is 26.4. The van der Waals surface area contributed by atoms with Gasteiger partial charge in [-0.2, -0.15) is 0 Å². The molecule has 3 heterocycles. The van der Waals surface area contributed by atoms with Crippen LogP contribution in [0.25, 0.3) is 0 Å². The first kappa shape index (κ1) is 14.7. The summed E-state index contributed by atoms with van der Waals surface area (Å²) in [5, 5.41) is 0. The van der Waals surface area contributed by atoms with Gasteiger partial charge in [0.1, 0.15) is 5.82 Å². The Morgan fingerprint density at radius 2 is 1.86 bits per heavy atom. The number of fused-ring (bicyclic) bond motifs is 1. The molecule has 0 radical (unpaired) electrons. The largest absolute Gasteiger partial charge is 0.337 e. The Kier molecular flexibility index (Phi) is 3.54. The number of aryl methyl sites for hydroxylation is 1. The van der Waals surface area contributed by atoms with Crippen molar-refractivity contribution in [2.45, 2.75) is 31.5 Å². The third-order valence-corrected chi connectivity index (χ3v) is 7.06. The van der Waals surface area contributed by atoms with Gasteiger partial charge in [0, 0.05) is 51.2 Å². The first-order chi connectivity index (χ1) is 10.5. The maximum absolute atomic E-state index is 12.2. The lowest BCUT2D eigenvalue weighted by Crippen LogP contribution is -2.59. The lowest BCUT2D eigenvalue weighted by Gasteiger charge is -2.43. The topological polar surface area (TPSA) is 58.4 Å². The molecule has 122 valence electrons. The van der Waals surface area contributed by atoms with Crippen molar-refractivity contribution in [3.63, 3.8) is 0 Å². The quantitative estimate of drug-likeness (QED) is 0.787. The molecule has 2 saturated heterocycles. The maximum Gasteiger partial charge on any atom is 0.153 e. The summed E-state index contributed by atoms with van der Waals surface area (Å²) in [7, 11) is -0.915. The number of nitrogens with zero attached hydrogens (tertiary/aromatic N) is 4. The molecule has 2 aliphatic heterocycles. The average molecular weight is 324 g/mol. The zero-order valence-electron chi connectivity index (χ0n) is 13.1. The predicted molar refractivity (Wildman–Crippen MR) is 84.1 cm³/mol. The third-order valence-electron chi connectivity index (χ3n) is 5.36. The highest BCUT2D eigenvalue weighted by molar-refractivity contribution is 7.91. The molecule has 0 spiro atoms. The van der Waals surface area contributed by atoms with Crippen LogP contribution >= 0.6 is 0 Å². The first-order valence-corrected chi connectivity index (χ1v) is 9.99. The third kappa shape index (κ3) is 2.81. The van der Waals surface area contributed by atoms with E-state index in [2.05, 4.69) is 14.8 Å². The minimum Gasteiger partial charge on any atom is -0.337 e. The van der Waals surface area contributed by atoms with E-state index in [9.17, 15) is 8.42 Å². The first-order valence-electron chi connectivity index (χ1n) is 8.16. The Morgan fingerprint density at radius 1 is 1.18 bits per heavy atom. The van der Waals surface area contributed by atoms with Crippen molar-refractivity contribution in [2.75, 3.05) is 31.1 Å². The zero-order valence-corrected chi connectivity index (χ0v) is 13.9. The summed E-state index contributed by atoms with van der Waals surface area (Å²) in [4.78, 5) is 9.18. The molecule has 3 aliphatic rings. The Labute approximate surface area is 132 Å². The van der Waals surface area contributed by atoms with Crippen LogP contribution in [0.15, 0.2) is 12.4 Å². The Hall–Kier alpha value is -0.920. The molecular weight excluding hydrogens is 300 g/mol. The second-order valence-electron chi connectivity index (χ2n) is 7.07. The number of hydrogen-bond donors (Lipinski definition) is 0. The van der Waals surface area contributed by atoms with E-state index in [4.69, 9.17) is 0 Å². The highest BCUT2D eigenvalue weighted by Crippen LogP contribution is 2.34. The predicted octanol–water partition coefficient (Wildman–Crippen LogP) is 0.113. The fraction of sp³-hybridized carbons (Fsp3) is 0.800. The maximum atomic E-state index is 12.2. The lowest BCUT2D eigenvalue weighted by atomic mass is 10.0. The van der Waals surface area contributed by atoms with Gasteiger partial charge in [-0.3, -0.25) is 9.80 Å².